The van der Waals surface area contributed by atoms with Crippen molar-refractivity contribution in [2.45, 2.75) is 140 Å². The zero-order valence-electron chi connectivity index (χ0n) is 41.0. The maximum Gasteiger partial charge on any atom is 0.220 e. The predicted octanol–water partition coefficient (Wildman–Crippen LogP) is 6.98. The van der Waals surface area contributed by atoms with Gasteiger partial charge in [-0.3, -0.25) is 9.59 Å². The van der Waals surface area contributed by atoms with Gasteiger partial charge in [0, 0.05) is 90.2 Å². The van der Waals surface area contributed by atoms with Gasteiger partial charge in [-0.05, 0) is 87.8 Å². The van der Waals surface area contributed by atoms with Gasteiger partial charge in [-0.15, -0.1) is 0 Å². The molecule has 0 aliphatic carbocycles. The van der Waals surface area contributed by atoms with Gasteiger partial charge >= 0.3 is 0 Å². The Morgan fingerprint density at radius 3 is 1.30 bits per heavy atom. The molecule has 4 aromatic carbocycles. The van der Waals surface area contributed by atoms with E-state index in [2.05, 4.69) is 96.9 Å². The summed E-state index contributed by atoms with van der Waals surface area (Å²) in [5.74, 6) is 1.02. The maximum absolute atomic E-state index is 13.7. The minimum Gasteiger partial charge on any atom is -0.485 e. The molecule has 0 unspecified atom stereocenters. The molecule has 358 valence electrons. The number of benzene rings is 4. The second-order valence-electron chi connectivity index (χ2n) is 20.0. The Labute approximate surface area is 393 Å². The maximum atomic E-state index is 13.7. The number of anilines is 2. The van der Waals surface area contributed by atoms with Crippen LogP contribution in [0.4, 0.5) is 11.4 Å². The molecule has 6 rings (SSSR count). The van der Waals surface area contributed by atoms with Crippen LogP contribution in [0.5, 0.6) is 11.5 Å². The first-order chi connectivity index (χ1) is 31.3. The lowest BCUT2D eigenvalue weighted by atomic mass is 9.87. The number of nitrogens with one attached hydrogen (secondary N) is 4. The number of ether oxygens (including phenoxy) is 2. The average molecular weight is 905 g/mol. The third-order valence-corrected chi connectivity index (χ3v) is 12.9. The molecule has 12 nitrogen and oxygen atoms in total. The third-order valence-electron chi connectivity index (χ3n) is 12.9. The lowest BCUT2D eigenvalue weighted by Crippen LogP contribution is -2.51. The van der Waals surface area contributed by atoms with Gasteiger partial charge in [-0.1, -0.05) is 86.6 Å². The number of aryl methyl sites for hydroxylation is 2. The summed E-state index contributed by atoms with van der Waals surface area (Å²) in [5, 5.41) is 37.1. The van der Waals surface area contributed by atoms with E-state index in [9.17, 15) is 19.8 Å². The van der Waals surface area contributed by atoms with Crippen LogP contribution in [0.3, 0.4) is 0 Å². The molecule has 0 bridgehead atoms. The van der Waals surface area contributed by atoms with E-state index in [1.807, 2.05) is 88.9 Å². The second kappa shape index (κ2) is 22.1. The molecular weight excluding hydrogens is 829 g/mol. The van der Waals surface area contributed by atoms with E-state index in [1.165, 1.54) is 11.1 Å². The highest BCUT2D eigenvalue weighted by molar-refractivity contribution is 5.84. The Morgan fingerprint density at radius 2 is 0.970 bits per heavy atom. The fraction of sp³-hybridized carbons (Fsp3) is 0.519. The van der Waals surface area contributed by atoms with Gasteiger partial charge in [-0.2, -0.15) is 0 Å². The van der Waals surface area contributed by atoms with E-state index in [0.29, 0.717) is 25.7 Å². The zero-order chi connectivity index (χ0) is 47.8. The van der Waals surface area contributed by atoms with Crippen LogP contribution in [0.25, 0.3) is 0 Å². The van der Waals surface area contributed by atoms with Gasteiger partial charge in [0.1, 0.15) is 22.7 Å². The Kier molecular flexibility index (Phi) is 16.8. The molecule has 0 fully saturated rings. The molecule has 0 spiro atoms. The summed E-state index contributed by atoms with van der Waals surface area (Å²) >= 11 is 0. The first-order valence-electron chi connectivity index (χ1n) is 23.9. The SMILES string of the molecule is CCc1cc2c(c(N(C)C)c1)OC(C)(C)C[C@@H]2NC[C@H](O)[C@H](Cc1ccccc1)NC(=O)CCC(=O)N[C@@H](Cc1ccccc1)[C@@H](O)CN[C@@H]1CC(C)(C)Oc2c1cc(CC)cc2N(C)C. The van der Waals surface area contributed by atoms with Crippen LogP contribution in [-0.2, 0) is 35.3 Å². The van der Waals surface area contributed by atoms with Gasteiger partial charge in [-0.25, -0.2) is 0 Å². The number of aliphatic hydroxyl groups is 2. The van der Waals surface area contributed by atoms with E-state index in [1.54, 1.807) is 0 Å². The highest BCUT2D eigenvalue weighted by atomic mass is 16.5. The molecule has 6 atom stereocenters. The molecule has 2 heterocycles. The van der Waals surface area contributed by atoms with Gasteiger partial charge in [0.15, 0.2) is 0 Å². The number of amides is 2. The normalized spacial score (nSPS) is 18.8. The van der Waals surface area contributed by atoms with Crippen molar-refractivity contribution in [1.82, 2.24) is 21.3 Å². The van der Waals surface area contributed by atoms with Gasteiger partial charge in [0.05, 0.1) is 35.7 Å². The van der Waals surface area contributed by atoms with Crippen LogP contribution in [0.2, 0.25) is 0 Å². The van der Waals surface area contributed by atoms with E-state index < -0.39 is 35.5 Å². The average Bonchev–Trinajstić information content (AvgIpc) is 3.28. The molecule has 4 aromatic rings. The largest absolute Gasteiger partial charge is 0.485 e. The van der Waals surface area contributed by atoms with Gasteiger partial charge < -0.3 is 50.8 Å². The summed E-state index contributed by atoms with van der Waals surface area (Å²) < 4.78 is 13.1. The number of nitrogens with zero attached hydrogens (tertiary/aromatic N) is 2. The first kappa shape index (κ1) is 50.3. The van der Waals surface area contributed by atoms with Crippen LogP contribution >= 0.6 is 0 Å². The van der Waals surface area contributed by atoms with Crippen molar-refractivity contribution >= 4 is 23.2 Å². The van der Waals surface area contributed by atoms with Crippen LogP contribution in [0.1, 0.15) is 113 Å². The molecule has 0 saturated heterocycles. The summed E-state index contributed by atoms with van der Waals surface area (Å²) in [7, 11) is 8.09. The van der Waals surface area contributed by atoms with Crippen molar-refractivity contribution < 1.29 is 29.3 Å². The zero-order valence-corrected chi connectivity index (χ0v) is 41.0. The van der Waals surface area contributed by atoms with Crippen molar-refractivity contribution in [2.24, 2.45) is 0 Å². The molecule has 0 radical (unpaired) electrons. The van der Waals surface area contributed by atoms with Crippen molar-refractivity contribution in [1.29, 1.82) is 0 Å². The van der Waals surface area contributed by atoms with Gasteiger partial charge in [0.2, 0.25) is 11.8 Å². The molecule has 2 aliphatic heterocycles. The molecule has 2 aliphatic rings. The van der Waals surface area contributed by atoms with Crippen LogP contribution in [0.15, 0.2) is 84.9 Å². The highest BCUT2D eigenvalue weighted by Crippen LogP contribution is 2.47. The summed E-state index contributed by atoms with van der Waals surface area (Å²) in [6.45, 7) is 13.1. The van der Waals surface area contributed by atoms with Crippen LogP contribution < -0.4 is 40.5 Å². The van der Waals surface area contributed by atoms with Gasteiger partial charge in [0.25, 0.3) is 0 Å². The topological polar surface area (TPSA) is 148 Å². The number of carbonyl (C=O) groups is 2. The molecule has 6 N–H and O–H groups in total. The molecule has 2 amide bonds. The molecular formula is C54H76N6O6. The number of hydrogen-bond acceptors (Lipinski definition) is 10. The Bertz CT molecular complexity index is 2070. The fourth-order valence-corrected chi connectivity index (χ4v) is 9.31. The van der Waals surface area contributed by atoms with E-state index in [-0.39, 0.29) is 49.8 Å². The van der Waals surface area contributed by atoms with Crippen molar-refractivity contribution in [3.63, 3.8) is 0 Å². The van der Waals surface area contributed by atoms with Crippen molar-refractivity contribution in [3.05, 3.63) is 118 Å². The van der Waals surface area contributed by atoms with Crippen molar-refractivity contribution in [2.75, 3.05) is 51.1 Å². The standard InChI is InChI=1S/C54H76N6O6/c1-11-35-25-39-43(31-53(3,4)65-51(39)45(29-35)59(7)8)55-33-47(61)41(27-37-19-15-13-16-20-37)57-49(63)23-24-50(64)58-42(28-38-21-17-14-18-22-38)48(62)34-56-44-32-54(5,6)66-52-40(44)26-36(12-2)30-46(52)60(9)10/h13-22,25-26,29-30,41-44,47-48,55-56,61-62H,11-12,23-24,27-28,31-34H2,1-10H3,(H,57,63)(H,58,64)/t41-,42-,43-,44+,47-,48-/m0/s1. The van der Waals surface area contributed by atoms with E-state index in [4.69, 9.17) is 9.47 Å². The highest BCUT2D eigenvalue weighted by Gasteiger charge is 2.38. The quantitative estimate of drug-likeness (QED) is 0.0518. The molecule has 0 aromatic heterocycles. The Hall–Kier alpha value is -5.14. The number of aliphatic hydroxyl groups excluding tert-OH is 2. The number of rotatable bonds is 21. The van der Waals surface area contributed by atoms with E-state index >= 15 is 0 Å². The van der Waals surface area contributed by atoms with Crippen molar-refractivity contribution in [3.8, 4) is 11.5 Å². The predicted molar refractivity (Wildman–Crippen MR) is 266 cm³/mol. The number of hydrogen-bond donors (Lipinski definition) is 6. The van der Waals surface area contributed by atoms with Crippen LogP contribution in [0, 0.1) is 0 Å². The number of carbonyl (C=O) groups excluding carboxylic acids is 2. The lowest BCUT2D eigenvalue weighted by Gasteiger charge is -2.40. The fourth-order valence-electron chi connectivity index (χ4n) is 9.31. The summed E-state index contributed by atoms with van der Waals surface area (Å²) in [6.07, 6.45) is 1.94. The first-order valence-corrected chi connectivity index (χ1v) is 23.9. The summed E-state index contributed by atoms with van der Waals surface area (Å²) in [6, 6.07) is 26.9. The minimum atomic E-state index is -0.936. The lowest BCUT2D eigenvalue weighted by molar-refractivity contribution is -0.128. The minimum absolute atomic E-state index is 0.0831. The summed E-state index contributed by atoms with van der Waals surface area (Å²) in [4.78, 5) is 31.6. The smallest absolute Gasteiger partial charge is 0.220 e. The second-order valence-corrected chi connectivity index (χ2v) is 20.0. The monoisotopic (exact) mass is 905 g/mol. The van der Waals surface area contributed by atoms with E-state index in [0.717, 1.165) is 58.0 Å². The Morgan fingerprint density at radius 1 is 0.606 bits per heavy atom. The Balaban J connectivity index is 1.12. The molecule has 0 saturated carbocycles. The number of fused-ring (bicyclic) bond motifs is 2. The summed E-state index contributed by atoms with van der Waals surface area (Å²) in [5.41, 5.74) is 7.65. The molecule has 66 heavy (non-hydrogen) atoms. The van der Waals surface area contributed by atoms with Crippen LogP contribution in [-0.4, -0.2) is 98.8 Å². The molecule has 12 heteroatoms. The third kappa shape index (κ3) is 13.3.